The van der Waals surface area contributed by atoms with Crippen molar-refractivity contribution in [2.75, 3.05) is 24.5 Å². The average molecular weight is 276 g/mol. The largest absolute Gasteiger partial charge is 0.345 e. The van der Waals surface area contributed by atoms with Crippen molar-refractivity contribution in [3.05, 3.63) is 9.98 Å². The fourth-order valence-corrected chi connectivity index (χ4v) is 2.97. The van der Waals surface area contributed by atoms with Crippen molar-refractivity contribution in [3.63, 3.8) is 0 Å². The van der Waals surface area contributed by atoms with Gasteiger partial charge in [-0.15, -0.1) is 11.3 Å². The van der Waals surface area contributed by atoms with Crippen LogP contribution in [0.1, 0.15) is 13.8 Å². The van der Waals surface area contributed by atoms with E-state index in [-0.39, 0.29) is 5.54 Å². The third-order valence-corrected chi connectivity index (χ3v) is 3.92. The van der Waals surface area contributed by atoms with Crippen LogP contribution >= 0.6 is 27.3 Å². The van der Waals surface area contributed by atoms with Gasteiger partial charge >= 0.3 is 0 Å². The van der Waals surface area contributed by atoms with Crippen molar-refractivity contribution >= 4 is 32.4 Å². The molecule has 1 aliphatic heterocycles. The number of hydrogen-bond acceptors (Lipinski definition) is 4. The Morgan fingerprint density at radius 2 is 2.43 bits per heavy atom. The average Bonchev–Trinajstić information content (AvgIpc) is 2.50. The zero-order valence-electron chi connectivity index (χ0n) is 8.38. The normalized spacial score (nSPS) is 21.2. The molecule has 0 radical (unpaired) electrons. The molecule has 0 saturated carbocycles. The van der Waals surface area contributed by atoms with Gasteiger partial charge in [-0.3, -0.25) is 0 Å². The number of nitrogens with zero attached hydrogens (tertiary/aromatic N) is 2. The molecule has 0 atom stereocenters. The van der Waals surface area contributed by atoms with Gasteiger partial charge in [0, 0.05) is 30.6 Å². The molecular weight excluding hydrogens is 262 g/mol. The summed E-state index contributed by atoms with van der Waals surface area (Å²) in [6, 6.07) is 0. The number of nitrogens with one attached hydrogen (secondary N) is 1. The van der Waals surface area contributed by atoms with Crippen LogP contribution in [0, 0.1) is 0 Å². The summed E-state index contributed by atoms with van der Waals surface area (Å²) in [6.07, 6.45) is 0. The van der Waals surface area contributed by atoms with Crippen molar-refractivity contribution in [1.82, 2.24) is 10.3 Å². The quantitative estimate of drug-likeness (QED) is 0.851. The number of aromatic nitrogens is 1. The molecule has 0 aromatic carbocycles. The molecule has 1 fully saturated rings. The Labute approximate surface area is 96.7 Å². The van der Waals surface area contributed by atoms with Crippen LogP contribution in [-0.2, 0) is 0 Å². The summed E-state index contributed by atoms with van der Waals surface area (Å²) in [4.78, 5) is 6.77. The van der Waals surface area contributed by atoms with E-state index in [4.69, 9.17) is 0 Å². The van der Waals surface area contributed by atoms with Crippen LogP contribution in [0.4, 0.5) is 5.13 Å². The Morgan fingerprint density at radius 3 is 3.00 bits per heavy atom. The highest BCUT2D eigenvalue weighted by molar-refractivity contribution is 9.10. The molecule has 1 aromatic heterocycles. The second-order valence-electron chi connectivity index (χ2n) is 4.19. The van der Waals surface area contributed by atoms with Crippen LogP contribution in [-0.4, -0.2) is 30.2 Å². The molecule has 2 heterocycles. The Kier molecular flexibility index (Phi) is 2.81. The maximum absolute atomic E-state index is 4.43. The molecule has 5 heteroatoms. The maximum atomic E-state index is 4.43. The van der Waals surface area contributed by atoms with Gasteiger partial charge in [0.25, 0.3) is 0 Å². The summed E-state index contributed by atoms with van der Waals surface area (Å²) in [7, 11) is 0. The second kappa shape index (κ2) is 3.79. The summed E-state index contributed by atoms with van der Waals surface area (Å²) in [5.41, 5.74) is 0.191. The number of thiazole rings is 1. The van der Waals surface area contributed by atoms with Crippen molar-refractivity contribution in [1.29, 1.82) is 0 Å². The maximum Gasteiger partial charge on any atom is 0.186 e. The third kappa shape index (κ3) is 2.27. The number of piperazine rings is 1. The minimum Gasteiger partial charge on any atom is -0.345 e. The highest BCUT2D eigenvalue weighted by Crippen LogP contribution is 2.25. The molecular formula is C9H14BrN3S. The monoisotopic (exact) mass is 275 g/mol. The predicted molar refractivity (Wildman–Crippen MR) is 64.1 cm³/mol. The third-order valence-electron chi connectivity index (χ3n) is 2.31. The Hall–Kier alpha value is -0.130. The SMILES string of the molecule is CC1(C)CN(c2nc(Br)cs2)CCN1. The summed E-state index contributed by atoms with van der Waals surface area (Å²) in [6.45, 7) is 7.55. The van der Waals surface area contributed by atoms with Gasteiger partial charge in [0.2, 0.25) is 0 Å². The topological polar surface area (TPSA) is 28.2 Å². The minimum absolute atomic E-state index is 0.191. The molecule has 0 amide bonds. The van der Waals surface area contributed by atoms with Crippen LogP contribution in [0.3, 0.4) is 0 Å². The lowest BCUT2D eigenvalue weighted by Crippen LogP contribution is -2.57. The number of rotatable bonds is 1. The molecule has 0 bridgehead atoms. The van der Waals surface area contributed by atoms with E-state index in [9.17, 15) is 0 Å². The molecule has 0 aliphatic carbocycles. The lowest BCUT2D eigenvalue weighted by atomic mass is 10.0. The Bertz CT molecular complexity index is 324. The van der Waals surface area contributed by atoms with Gasteiger partial charge in [-0.25, -0.2) is 4.98 Å². The molecule has 1 aliphatic rings. The minimum atomic E-state index is 0.191. The van der Waals surface area contributed by atoms with E-state index in [2.05, 4.69) is 45.0 Å². The van der Waals surface area contributed by atoms with Gasteiger partial charge in [0.1, 0.15) is 4.60 Å². The van der Waals surface area contributed by atoms with E-state index in [1.165, 1.54) is 0 Å². The van der Waals surface area contributed by atoms with Gasteiger partial charge in [-0.2, -0.15) is 0 Å². The molecule has 1 aromatic rings. The predicted octanol–water partition coefficient (Wildman–Crippen LogP) is 2.09. The van der Waals surface area contributed by atoms with Crippen molar-refractivity contribution in [3.8, 4) is 0 Å². The van der Waals surface area contributed by atoms with E-state index in [0.29, 0.717) is 0 Å². The molecule has 0 spiro atoms. The number of halogens is 1. The van der Waals surface area contributed by atoms with Crippen LogP contribution in [0.25, 0.3) is 0 Å². The van der Waals surface area contributed by atoms with E-state index < -0.39 is 0 Å². The Morgan fingerprint density at radius 1 is 1.64 bits per heavy atom. The summed E-state index contributed by atoms with van der Waals surface area (Å²) in [5.74, 6) is 0. The van der Waals surface area contributed by atoms with Crippen molar-refractivity contribution in [2.45, 2.75) is 19.4 Å². The summed E-state index contributed by atoms with van der Waals surface area (Å²) < 4.78 is 0.939. The second-order valence-corrected chi connectivity index (χ2v) is 5.83. The lowest BCUT2D eigenvalue weighted by Gasteiger charge is -2.38. The molecule has 3 nitrogen and oxygen atoms in total. The first-order valence-corrected chi connectivity index (χ1v) is 6.35. The first-order valence-electron chi connectivity index (χ1n) is 4.68. The highest BCUT2D eigenvalue weighted by Gasteiger charge is 2.26. The first kappa shape index (κ1) is 10.4. The summed E-state index contributed by atoms with van der Waals surface area (Å²) in [5, 5.41) is 6.64. The van der Waals surface area contributed by atoms with Gasteiger partial charge in [-0.1, -0.05) is 0 Å². The van der Waals surface area contributed by atoms with Crippen molar-refractivity contribution < 1.29 is 0 Å². The van der Waals surface area contributed by atoms with Gasteiger partial charge < -0.3 is 10.2 Å². The van der Waals surface area contributed by atoms with Gasteiger partial charge in [0.15, 0.2) is 5.13 Å². The molecule has 2 rings (SSSR count). The van der Waals surface area contributed by atoms with Gasteiger partial charge in [-0.05, 0) is 29.8 Å². The highest BCUT2D eigenvalue weighted by atomic mass is 79.9. The van der Waals surface area contributed by atoms with E-state index in [0.717, 1.165) is 29.4 Å². The molecule has 78 valence electrons. The number of anilines is 1. The standard InChI is InChI=1S/C9H14BrN3S/c1-9(2)6-13(4-3-11-9)8-12-7(10)5-14-8/h5,11H,3-4,6H2,1-2H3. The van der Waals surface area contributed by atoms with Crippen LogP contribution < -0.4 is 10.2 Å². The summed E-state index contributed by atoms with van der Waals surface area (Å²) >= 11 is 5.08. The molecule has 1 N–H and O–H groups in total. The van der Waals surface area contributed by atoms with E-state index >= 15 is 0 Å². The zero-order valence-corrected chi connectivity index (χ0v) is 10.8. The molecule has 1 saturated heterocycles. The van der Waals surface area contributed by atoms with Crippen molar-refractivity contribution in [2.24, 2.45) is 0 Å². The fourth-order valence-electron chi connectivity index (χ4n) is 1.70. The first-order chi connectivity index (χ1) is 6.57. The van der Waals surface area contributed by atoms with Crippen LogP contribution in [0.15, 0.2) is 9.98 Å². The van der Waals surface area contributed by atoms with Gasteiger partial charge in [0.05, 0.1) is 0 Å². The Balaban J connectivity index is 2.12. The fraction of sp³-hybridized carbons (Fsp3) is 0.667. The van der Waals surface area contributed by atoms with Crippen LogP contribution in [0.5, 0.6) is 0 Å². The number of hydrogen-bond donors (Lipinski definition) is 1. The van der Waals surface area contributed by atoms with E-state index in [1.807, 2.05) is 5.38 Å². The van der Waals surface area contributed by atoms with Crippen LogP contribution in [0.2, 0.25) is 0 Å². The lowest BCUT2D eigenvalue weighted by molar-refractivity contribution is 0.353. The smallest absolute Gasteiger partial charge is 0.186 e. The molecule has 14 heavy (non-hydrogen) atoms. The zero-order chi connectivity index (χ0) is 10.2. The molecule has 0 unspecified atom stereocenters. The van der Waals surface area contributed by atoms with E-state index in [1.54, 1.807) is 11.3 Å².